The Kier molecular flexibility index (Phi) is 4.33. The van der Waals surface area contributed by atoms with Crippen LogP contribution in [0.3, 0.4) is 0 Å². The summed E-state index contributed by atoms with van der Waals surface area (Å²) in [5.41, 5.74) is 3.16. The van der Waals surface area contributed by atoms with Crippen LogP contribution in [0.25, 0.3) is 0 Å². The fraction of sp³-hybridized carbons (Fsp3) is 0.200. The number of para-hydroxylation sites is 1. The molecule has 29 heavy (non-hydrogen) atoms. The van der Waals surface area contributed by atoms with Crippen LogP contribution in [0.4, 0.5) is 22.9 Å². The van der Waals surface area contributed by atoms with Gasteiger partial charge in [-0.25, -0.2) is 18.4 Å². The van der Waals surface area contributed by atoms with Crippen LogP contribution < -0.4 is 14.5 Å². The SMILES string of the molecule is O=S(=O)(c1ccc(Cl)c(N2CNc3cncnc32)c1)N1CCCc2ccccc21. The van der Waals surface area contributed by atoms with Gasteiger partial charge < -0.3 is 10.2 Å². The second-order valence-corrected chi connectivity index (χ2v) is 9.22. The van der Waals surface area contributed by atoms with Crippen LogP contribution in [0.15, 0.2) is 59.9 Å². The number of hydrogen-bond acceptors (Lipinski definition) is 6. The molecule has 9 heteroatoms. The van der Waals surface area contributed by atoms with Gasteiger partial charge in [0.25, 0.3) is 10.0 Å². The van der Waals surface area contributed by atoms with Crippen LogP contribution in [-0.2, 0) is 16.4 Å². The first-order valence-corrected chi connectivity index (χ1v) is 11.1. The van der Waals surface area contributed by atoms with Crippen molar-refractivity contribution in [2.75, 3.05) is 27.7 Å². The molecule has 148 valence electrons. The maximum absolute atomic E-state index is 13.5. The van der Waals surface area contributed by atoms with E-state index < -0.39 is 10.0 Å². The Hall–Kier alpha value is -2.84. The Labute approximate surface area is 174 Å². The number of sulfonamides is 1. The maximum Gasteiger partial charge on any atom is 0.264 e. The van der Waals surface area contributed by atoms with Crippen molar-refractivity contribution in [3.63, 3.8) is 0 Å². The number of nitrogens with one attached hydrogen (secondary N) is 1. The molecule has 0 aliphatic carbocycles. The molecule has 7 nitrogen and oxygen atoms in total. The van der Waals surface area contributed by atoms with E-state index in [1.54, 1.807) is 24.4 Å². The highest BCUT2D eigenvalue weighted by atomic mass is 35.5. The van der Waals surface area contributed by atoms with Crippen LogP contribution in [0, 0.1) is 0 Å². The van der Waals surface area contributed by atoms with Crippen LogP contribution in [0.2, 0.25) is 5.02 Å². The van der Waals surface area contributed by atoms with Gasteiger partial charge in [0.15, 0.2) is 5.82 Å². The first-order chi connectivity index (χ1) is 14.1. The Bertz CT molecular complexity index is 1200. The zero-order valence-corrected chi connectivity index (χ0v) is 17.0. The van der Waals surface area contributed by atoms with Gasteiger partial charge in [-0.15, -0.1) is 0 Å². The number of halogens is 1. The molecule has 0 amide bonds. The van der Waals surface area contributed by atoms with E-state index in [9.17, 15) is 8.42 Å². The van der Waals surface area contributed by atoms with Gasteiger partial charge in [-0.1, -0.05) is 29.8 Å². The predicted octanol–water partition coefficient (Wildman–Crippen LogP) is 3.79. The van der Waals surface area contributed by atoms with E-state index in [1.807, 2.05) is 29.2 Å². The number of hydrogen-bond donors (Lipinski definition) is 1. The van der Waals surface area contributed by atoms with Crippen molar-refractivity contribution >= 4 is 44.5 Å². The molecule has 2 aromatic carbocycles. The Morgan fingerprint density at radius 3 is 2.86 bits per heavy atom. The first kappa shape index (κ1) is 18.2. The van der Waals surface area contributed by atoms with Crippen molar-refractivity contribution < 1.29 is 8.42 Å². The standard InChI is InChI=1S/C20H18ClN5O2S/c21-16-8-7-15(10-19(16)25-13-24-17-11-22-12-23-20(17)25)29(27,28)26-9-3-5-14-4-1-2-6-18(14)26/h1-2,4,6-8,10-12,24H,3,5,9,13H2. The summed E-state index contributed by atoms with van der Waals surface area (Å²) in [6.45, 7) is 0.891. The molecule has 0 bridgehead atoms. The second-order valence-electron chi connectivity index (χ2n) is 6.95. The zero-order valence-electron chi connectivity index (χ0n) is 15.4. The molecule has 0 fully saturated rings. The molecule has 0 saturated heterocycles. The highest BCUT2D eigenvalue weighted by Crippen LogP contribution is 2.40. The molecule has 0 atom stereocenters. The van der Waals surface area contributed by atoms with Gasteiger partial charge in [0.2, 0.25) is 0 Å². The van der Waals surface area contributed by atoms with Gasteiger partial charge in [0, 0.05) is 6.54 Å². The summed E-state index contributed by atoms with van der Waals surface area (Å²) >= 11 is 6.44. The number of fused-ring (bicyclic) bond motifs is 2. The number of anilines is 4. The van der Waals surface area contributed by atoms with Gasteiger partial charge >= 0.3 is 0 Å². The zero-order chi connectivity index (χ0) is 20.0. The molecule has 5 rings (SSSR count). The second kappa shape index (κ2) is 6.89. The smallest absolute Gasteiger partial charge is 0.264 e. The van der Waals surface area contributed by atoms with E-state index in [1.165, 1.54) is 10.6 Å². The molecule has 0 saturated carbocycles. The van der Waals surface area contributed by atoms with Crippen molar-refractivity contribution in [1.29, 1.82) is 0 Å². The molecular formula is C20H18ClN5O2S. The normalized spacial score (nSPS) is 15.6. The average molecular weight is 428 g/mol. The van der Waals surface area contributed by atoms with E-state index in [2.05, 4.69) is 15.3 Å². The van der Waals surface area contributed by atoms with E-state index in [4.69, 9.17) is 11.6 Å². The van der Waals surface area contributed by atoms with Crippen LogP contribution in [0.1, 0.15) is 12.0 Å². The minimum Gasteiger partial charge on any atom is -0.363 e. The van der Waals surface area contributed by atoms with Crippen molar-refractivity contribution in [1.82, 2.24) is 9.97 Å². The van der Waals surface area contributed by atoms with Crippen molar-refractivity contribution in [3.8, 4) is 0 Å². The minimum atomic E-state index is -3.73. The number of aromatic nitrogens is 2. The van der Waals surface area contributed by atoms with E-state index >= 15 is 0 Å². The lowest BCUT2D eigenvalue weighted by molar-refractivity contribution is 0.586. The molecule has 0 radical (unpaired) electrons. The van der Waals surface area contributed by atoms with E-state index in [0.717, 1.165) is 29.8 Å². The molecule has 0 spiro atoms. The summed E-state index contributed by atoms with van der Waals surface area (Å²) in [6, 6.07) is 12.5. The van der Waals surface area contributed by atoms with Gasteiger partial charge in [-0.05, 0) is 42.7 Å². The molecule has 1 N–H and O–H groups in total. The molecule has 1 aromatic heterocycles. The fourth-order valence-corrected chi connectivity index (χ4v) is 5.62. The van der Waals surface area contributed by atoms with Crippen LogP contribution in [0.5, 0.6) is 0 Å². The first-order valence-electron chi connectivity index (χ1n) is 9.27. The number of benzene rings is 2. The molecular weight excluding hydrogens is 410 g/mol. The molecule has 3 heterocycles. The fourth-order valence-electron chi connectivity index (χ4n) is 3.84. The summed E-state index contributed by atoms with van der Waals surface area (Å²) in [4.78, 5) is 10.4. The van der Waals surface area contributed by atoms with Crippen LogP contribution >= 0.6 is 11.6 Å². The Morgan fingerprint density at radius 2 is 1.97 bits per heavy atom. The molecule has 2 aliphatic heterocycles. The topological polar surface area (TPSA) is 78.4 Å². The summed E-state index contributed by atoms with van der Waals surface area (Å²) in [6.07, 6.45) is 4.81. The average Bonchev–Trinajstić information content (AvgIpc) is 3.17. The Morgan fingerprint density at radius 1 is 1.10 bits per heavy atom. The summed E-state index contributed by atoms with van der Waals surface area (Å²) in [5, 5.41) is 3.65. The van der Waals surface area contributed by atoms with Crippen molar-refractivity contribution in [3.05, 3.63) is 65.6 Å². The predicted molar refractivity (Wildman–Crippen MR) is 113 cm³/mol. The highest BCUT2D eigenvalue weighted by molar-refractivity contribution is 7.92. The quantitative estimate of drug-likeness (QED) is 0.685. The molecule has 0 unspecified atom stereocenters. The highest BCUT2D eigenvalue weighted by Gasteiger charge is 2.31. The lowest BCUT2D eigenvalue weighted by Crippen LogP contribution is -2.35. The number of rotatable bonds is 3. The van der Waals surface area contributed by atoms with Gasteiger partial charge in [0.1, 0.15) is 6.33 Å². The monoisotopic (exact) mass is 427 g/mol. The Balaban J connectivity index is 1.57. The van der Waals surface area contributed by atoms with Crippen LogP contribution in [-0.4, -0.2) is 31.6 Å². The van der Waals surface area contributed by atoms with E-state index in [0.29, 0.717) is 29.7 Å². The lowest BCUT2D eigenvalue weighted by Gasteiger charge is -2.30. The summed E-state index contributed by atoms with van der Waals surface area (Å²) in [7, 11) is -3.73. The molecule has 2 aliphatic rings. The third-order valence-electron chi connectivity index (χ3n) is 5.24. The minimum absolute atomic E-state index is 0.205. The maximum atomic E-state index is 13.5. The number of nitrogens with zero attached hydrogens (tertiary/aromatic N) is 4. The lowest BCUT2D eigenvalue weighted by atomic mass is 10.0. The third-order valence-corrected chi connectivity index (χ3v) is 7.37. The number of aryl methyl sites for hydroxylation is 1. The van der Waals surface area contributed by atoms with Gasteiger partial charge in [0.05, 0.1) is 39.8 Å². The summed E-state index contributed by atoms with van der Waals surface area (Å²) in [5.74, 6) is 0.666. The third kappa shape index (κ3) is 2.99. The molecule has 3 aromatic rings. The van der Waals surface area contributed by atoms with Crippen molar-refractivity contribution in [2.24, 2.45) is 0 Å². The van der Waals surface area contributed by atoms with Crippen molar-refractivity contribution in [2.45, 2.75) is 17.7 Å². The van der Waals surface area contributed by atoms with Gasteiger partial charge in [-0.2, -0.15) is 0 Å². The van der Waals surface area contributed by atoms with E-state index in [-0.39, 0.29) is 4.90 Å². The van der Waals surface area contributed by atoms with Gasteiger partial charge in [-0.3, -0.25) is 4.31 Å². The summed E-state index contributed by atoms with van der Waals surface area (Å²) < 4.78 is 28.5. The largest absolute Gasteiger partial charge is 0.363 e.